The average Bonchev–Trinajstić information content (AvgIpc) is 2.81. The number of aromatic hydroxyl groups is 2. The number of nitrogens with zero attached hydrogens (tertiary/aromatic N) is 2. The summed E-state index contributed by atoms with van der Waals surface area (Å²) in [5.74, 6) is 1.01. The van der Waals surface area contributed by atoms with E-state index in [-0.39, 0.29) is 11.8 Å². The smallest absolute Gasteiger partial charge is 0.127 e. The highest BCUT2D eigenvalue weighted by atomic mass is 28.3. The standard InChI is InChI=1S/C32H44N2O2Si2/c1-21(2)27-17-25(37(5,6)7)15-23(31(27)35)19-33-29-13-11-12-14-30(29)34-20-24-16-26(38(8,9)10)18-28(22(3)4)32(24)36/h11-22,35-36H,1-10H3. The fraction of sp³-hybridized carbons (Fsp3) is 0.375. The molecule has 0 aliphatic heterocycles. The van der Waals surface area contributed by atoms with Crippen LogP contribution < -0.4 is 10.4 Å². The predicted molar refractivity (Wildman–Crippen MR) is 171 cm³/mol. The minimum absolute atomic E-state index is 0.214. The lowest BCUT2D eigenvalue weighted by Crippen LogP contribution is -2.38. The van der Waals surface area contributed by atoms with E-state index < -0.39 is 16.1 Å². The molecule has 0 amide bonds. The van der Waals surface area contributed by atoms with Gasteiger partial charge in [-0.25, -0.2) is 0 Å². The van der Waals surface area contributed by atoms with Gasteiger partial charge in [-0.05, 0) is 35.1 Å². The number of benzene rings is 3. The third-order valence-electron chi connectivity index (χ3n) is 6.88. The maximum Gasteiger partial charge on any atom is 0.127 e. The number of phenolic OH excluding ortho intramolecular Hbond substituents is 2. The molecule has 2 N–H and O–H groups in total. The van der Waals surface area contributed by atoms with E-state index in [0.717, 1.165) is 22.3 Å². The average molecular weight is 545 g/mol. The number of hydrogen-bond donors (Lipinski definition) is 2. The van der Waals surface area contributed by atoms with Crippen LogP contribution in [0.1, 0.15) is 61.8 Å². The Hall–Kier alpha value is -2.97. The molecule has 202 valence electrons. The van der Waals surface area contributed by atoms with E-state index in [1.807, 2.05) is 24.3 Å². The zero-order valence-electron chi connectivity index (χ0n) is 24.7. The number of hydrogen-bond acceptors (Lipinski definition) is 4. The molecule has 0 radical (unpaired) electrons. The molecule has 0 heterocycles. The van der Waals surface area contributed by atoms with Crippen molar-refractivity contribution in [2.45, 2.75) is 78.8 Å². The van der Waals surface area contributed by atoms with Crippen LogP contribution >= 0.6 is 0 Å². The molecule has 0 bridgehead atoms. The first kappa shape index (κ1) is 29.6. The molecule has 0 saturated carbocycles. The van der Waals surface area contributed by atoms with Crippen molar-refractivity contribution in [3.8, 4) is 11.5 Å². The van der Waals surface area contributed by atoms with Crippen LogP contribution in [0.3, 0.4) is 0 Å². The molecule has 6 heteroatoms. The maximum atomic E-state index is 11.0. The number of para-hydroxylation sites is 2. The van der Waals surface area contributed by atoms with E-state index >= 15 is 0 Å². The van der Waals surface area contributed by atoms with Crippen molar-refractivity contribution in [3.63, 3.8) is 0 Å². The molecule has 4 nitrogen and oxygen atoms in total. The van der Waals surface area contributed by atoms with Crippen LogP contribution in [0.25, 0.3) is 0 Å². The highest BCUT2D eigenvalue weighted by Gasteiger charge is 2.22. The summed E-state index contributed by atoms with van der Waals surface area (Å²) in [6.07, 6.45) is 3.50. The predicted octanol–water partition coefficient (Wildman–Crippen LogP) is 7.94. The number of rotatable bonds is 8. The van der Waals surface area contributed by atoms with Crippen LogP contribution in [0.15, 0.2) is 58.5 Å². The van der Waals surface area contributed by atoms with Crippen molar-refractivity contribution < 1.29 is 10.2 Å². The van der Waals surface area contributed by atoms with Gasteiger partial charge in [-0.1, -0.05) is 114 Å². The van der Waals surface area contributed by atoms with Crippen LogP contribution in [0.5, 0.6) is 11.5 Å². The monoisotopic (exact) mass is 544 g/mol. The Kier molecular flexibility index (Phi) is 8.89. The second-order valence-electron chi connectivity index (χ2n) is 12.8. The lowest BCUT2D eigenvalue weighted by atomic mass is 9.99. The van der Waals surface area contributed by atoms with E-state index in [0.29, 0.717) is 22.9 Å². The van der Waals surface area contributed by atoms with Gasteiger partial charge in [-0.15, -0.1) is 0 Å². The first-order chi connectivity index (χ1) is 17.6. The Morgan fingerprint density at radius 1 is 0.605 bits per heavy atom. The number of aliphatic imine (C=N–C) groups is 2. The third-order valence-corrected chi connectivity index (χ3v) is 10.9. The highest BCUT2D eigenvalue weighted by Crippen LogP contribution is 2.32. The van der Waals surface area contributed by atoms with Crippen molar-refractivity contribution in [2.24, 2.45) is 9.98 Å². The molecule has 0 fully saturated rings. The van der Waals surface area contributed by atoms with Gasteiger partial charge in [-0.3, -0.25) is 9.98 Å². The molecular weight excluding hydrogens is 501 g/mol. The van der Waals surface area contributed by atoms with Crippen molar-refractivity contribution in [1.29, 1.82) is 0 Å². The summed E-state index contributed by atoms with van der Waals surface area (Å²) >= 11 is 0. The normalized spacial score (nSPS) is 12.9. The molecule has 0 unspecified atom stereocenters. The Bertz CT molecular complexity index is 1260. The second-order valence-corrected chi connectivity index (χ2v) is 23.0. The van der Waals surface area contributed by atoms with Gasteiger partial charge in [0.05, 0.1) is 27.5 Å². The SMILES string of the molecule is CC(C)c1cc([Si](C)(C)C)cc(C=Nc2ccccc2N=Cc2cc([Si](C)(C)C)cc(C(C)C)c2O)c1O. The zero-order valence-corrected chi connectivity index (χ0v) is 26.7. The molecular formula is C32H44N2O2Si2. The zero-order chi connectivity index (χ0) is 28.4. The lowest BCUT2D eigenvalue weighted by molar-refractivity contribution is 0.463. The minimum atomic E-state index is -1.59. The van der Waals surface area contributed by atoms with Gasteiger partial charge >= 0.3 is 0 Å². The maximum absolute atomic E-state index is 11.0. The largest absolute Gasteiger partial charge is 0.507 e. The van der Waals surface area contributed by atoms with E-state index in [1.54, 1.807) is 12.4 Å². The molecule has 0 aromatic heterocycles. The van der Waals surface area contributed by atoms with E-state index in [2.05, 4.69) is 91.2 Å². The fourth-order valence-electron chi connectivity index (χ4n) is 4.26. The first-order valence-electron chi connectivity index (χ1n) is 13.5. The van der Waals surface area contributed by atoms with Crippen molar-refractivity contribution >= 4 is 50.3 Å². The van der Waals surface area contributed by atoms with Gasteiger partial charge in [0.1, 0.15) is 11.5 Å². The topological polar surface area (TPSA) is 65.2 Å². The Labute approximate surface area is 231 Å². The quantitative estimate of drug-likeness (QED) is 0.223. The van der Waals surface area contributed by atoms with Gasteiger partial charge in [-0.2, -0.15) is 0 Å². The molecule has 0 atom stereocenters. The van der Waals surface area contributed by atoms with Crippen molar-refractivity contribution in [1.82, 2.24) is 0 Å². The number of phenols is 2. The molecule has 0 spiro atoms. The molecule has 38 heavy (non-hydrogen) atoms. The molecule has 3 rings (SSSR count). The summed E-state index contributed by atoms with van der Waals surface area (Å²) in [4.78, 5) is 9.52. The van der Waals surface area contributed by atoms with Gasteiger partial charge in [0.25, 0.3) is 0 Å². The second kappa shape index (κ2) is 11.4. The van der Waals surface area contributed by atoms with Crippen molar-refractivity contribution in [2.75, 3.05) is 0 Å². The Morgan fingerprint density at radius 3 is 1.24 bits per heavy atom. The molecule has 3 aromatic carbocycles. The van der Waals surface area contributed by atoms with Gasteiger partial charge in [0, 0.05) is 23.6 Å². The Morgan fingerprint density at radius 2 is 0.947 bits per heavy atom. The summed E-state index contributed by atoms with van der Waals surface area (Å²) < 4.78 is 0. The molecule has 0 aliphatic rings. The first-order valence-corrected chi connectivity index (χ1v) is 20.5. The molecule has 0 saturated heterocycles. The van der Waals surface area contributed by atoms with Crippen LogP contribution in [0.4, 0.5) is 11.4 Å². The summed E-state index contributed by atoms with van der Waals surface area (Å²) in [5.41, 5.74) is 4.78. The summed E-state index contributed by atoms with van der Waals surface area (Å²) in [6.45, 7) is 22.3. The van der Waals surface area contributed by atoms with Crippen molar-refractivity contribution in [3.05, 3.63) is 70.8 Å². The summed E-state index contributed by atoms with van der Waals surface area (Å²) in [7, 11) is -3.18. The third kappa shape index (κ3) is 6.91. The van der Waals surface area contributed by atoms with Crippen LogP contribution in [-0.2, 0) is 0 Å². The van der Waals surface area contributed by atoms with Gasteiger partial charge < -0.3 is 10.2 Å². The van der Waals surface area contributed by atoms with Gasteiger partial charge in [0.15, 0.2) is 0 Å². The summed E-state index contributed by atoms with van der Waals surface area (Å²) in [5, 5.41) is 24.6. The minimum Gasteiger partial charge on any atom is -0.507 e. The van der Waals surface area contributed by atoms with E-state index in [4.69, 9.17) is 9.98 Å². The van der Waals surface area contributed by atoms with Crippen LogP contribution in [-0.4, -0.2) is 38.8 Å². The van der Waals surface area contributed by atoms with Crippen LogP contribution in [0, 0.1) is 0 Å². The molecule has 0 aliphatic carbocycles. The fourth-order valence-corrected chi connectivity index (χ4v) is 6.62. The van der Waals surface area contributed by atoms with Crippen LogP contribution in [0.2, 0.25) is 39.3 Å². The Balaban J connectivity index is 2.06. The van der Waals surface area contributed by atoms with E-state index in [1.165, 1.54) is 10.4 Å². The highest BCUT2D eigenvalue weighted by molar-refractivity contribution is 6.89. The van der Waals surface area contributed by atoms with E-state index in [9.17, 15) is 10.2 Å². The lowest BCUT2D eigenvalue weighted by Gasteiger charge is -2.21. The summed E-state index contributed by atoms with van der Waals surface area (Å²) in [6, 6.07) is 16.2. The van der Waals surface area contributed by atoms with Gasteiger partial charge in [0.2, 0.25) is 0 Å². The molecule has 3 aromatic rings.